The Bertz CT molecular complexity index is 632. The molecule has 1 heterocycles. The first-order chi connectivity index (χ1) is 13.0. The van der Waals surface area contributed by atoms with Crippen LogP contribution in [0.2, 0.25) is 0 Å². The highest BCUT2D eigenvalue weighted by Gasteiger charge is 2.27. The Morgan fingerprint density at radius 2 is 1.70 bits per heavy atom. The van der Waals surface area contributed by atoms with Gasteiger partial charge in [-0.15, -0.1) is 0 Å². The van der Waals surface area contributed by atoms with Gasteiger partial charge in [0.1, 0.15) is 6.04 Å². The lowest BCUT2D eigenvalue weighted by atomic mass is 9.95. The van der Waals surface area contributed by atoms with E-state index in [2.05, 4.69) is 10.2 Å². The number of benzene rings is 1. The highest BCUT2D eigenvalue weighted by Crippen LogP contribution is 2.18. The number of hydrogen-bond acceptors (Lipinski definition) is 4. The second-order valence-corrected chi connectivity index (χ2v) is 7.89. The third-order valence-electron chi connectivity index (χ3n) is 5.72. The smallest absolute Gasteiger partial charge is 0.244 e. The third kappa shape index (κ3) is 5.53. The van der Waals surface area contributed by atoms with Gasteiger partial charge in [0, 0.05) is 32.2 Å². The van der Waals surface area contributed by atoms with Crippen molar-refractivity contribution in [3.8, 4) is 0 Å². The number of amides is 2. The predicted octanol–water partition coefficient (Wildman–Crippen LogP) is 1.59. The van der Waals surface area contributed by atoms with Gasteiger partial charge in [0.15, 0.2) is 0 Å². The van der Waals surface area contributed by atoms with E-state index in [0.717, 1.165) is 24.0 Å². The summed E-state index contributed by atoms with van der Waals surface area (Å²) in [5.74, 6) is 0.0724. The lowest BCUT2D eigenvalue weighted by molar-refractivity contribution is -0.134. The van der Waals surface area contributed by atoms with Crippen LogP contribution in [0.25, 0.3) is 0 Å². The van der Waals surface area contributed by atoms with Crippen molar-refractivity contribution in [1.29, 1.82) is 0 Å². The number of nitrogens with two attached hydrogens (primary N) is 1. The SMILES string of the molecule is Cc1ccc(C(N)C(=O)N2CCN(CC(=O)NC3CCCCC3)CC2)cc1. The maximum Gasteiger partial charge on any atom is 0.244 e. The molecule has 6 nitrogen and oxygen atoms in total. The fraction of sp³-hybridized carbons (Fsp3) is 0.619. The molecule has 3 rings (SSSR count). The van der Waals surface area contributed by atoms with Crippen molar-refractivity contribution in [2.24, 2.45) is 5.73 Å². The van der Waals surface area contributed by atoms with Crippen molar-refractivity contribution in [3.05, 3.63) is 35.4 Å². The van der Waals surface area contributed by atoms with E-state index in [1.54, 1.807) is 0 Å². The van der Waals surface area contributed by atoms with Crippen molar-refractivity contribution >= 4 is 11.8 Å². The third-order valence-corrected chi connectivity index (χ3v) is 5.72. The summed E-state index contributed by atoms with van der Waals surface area (Å²) in [7, 11) is 0. The Balaban J connectivity index is 1.43. The van der Waals surface area contributed by atoms with Gasteiger partial charge in [0.2, 0.25) is 11.8 Å². The highest BCUT2D eigenvalue weighted by atomic mass is 16.2. The average molecular weight is 373 g/mol. The number of rotatable bonds is 5. The summed E-state index contributed by atoms with van der Waals surface area (Å²) in [6.45, 7) is 5.10. The normalized spacial score (nSPS) is 20.3. The van der Waals surface area contributed by atoms with Gasteiger partial charge >= 0.3 is 0 Å². The lowest BCUT2D eigenvalue weighted by Gasteiger charge is -2.36. The van der Waals surface area contributed by atoms with Gasteiger partial charge in [-0.05, 0) is 25.3 Å². The summed E-state index contributed by atoms with van der Waals surface area (Å²) in [6, 6.07) is 7.53. The van der Waals surface area contributed by atoms with E-state index in [1.807, 2.05) is 36.1 Å². The Morgan fingerprint density at radius 3 is 2.33 bits per heavy atom. The fourth-order valence-corrected chi connectivity index (χ4v) is 3.96. The highest BCUT2D eigenvalue weighted by molar-refractivity contribution is 5.83. The molecule has 0 spiro atoms. The topological polar surface area (TPSA) is 78.7 Å². The molecule has 3 N–H and O–H groups in total. The van der Waals surface area contributed by atoms with E-state index < -0.39 is 6.04 Å². The number of hydrogen-bond donors (Lipinski definition) is 2. The Morgan fingerprint density at radius 1 is 1.07 bits per heavy atom. The minimum absolute atomic E-state index is 0.0369. The Hall–Kier alpha value is -1.92. The second-order valence-electron chi connectivity index (χ2n) is 7.89. The van der Waals surface area contributed by atoms with Crippen molar-refractivity contribution in [1.82, 2.24) is 15.1 Å². The molecule has 1 aliphatic carbocycles. The molecule has 1 aromatic rings. The zero-order chi connectivity index (χ0) is 19.2. The summed E-state index contributed by atoms with van der Waals surface area (Å²) < 4.78 is 0. The van der Waals surface area contributed by atoms with Crippen molar-refractivity contribution < 1.29 is 9.59 Å². The molecule has 0 aromatic heterocycles. The van der Waals surface area contributed by atoms with E-state index in [-0.39, 0.29) is 11.8 Å². The lowest BCUT2D eigenvalue weighted by Crippen LogP contribution is -2.53. The van der Waals surface area contributed by atoms with Crippen LogP contribution in [0.4, 0.5) is 0 Å². The van der Waals surface area contributed by atoms with E-state index >= 15 is 0 Å². The molecule has 2 aliphatic rings. The summed E-state index contributed by atoms with van der Waals surface area (Å²) in [5.41, 5.74) is 8.17. The van der Waals surface area contributed by atoms with Crippen LogP contribution in [0.5, 0.6) is 0 Å². The first kappa shape index (κ1) is 19.8. The number of piperazine rings is 1. The molecule has 2 amide bonds. The number of aryl methyl sites for hydroxylation is 1. The van der Waals surface area contributed by atoms with Crippen LogP contribution in [-0.2, 0) is 9.59 Å². The molecule has 1 unspecified atom stereocenters. The summed E-state index contributed by atoms with van der Waals surface area (Å²) in [5, 5.41) is 3.16. The van der Waals surface area contributed by atoms with Crippen LogP contribution in [-0.4, -0.2) is 60.4 Å². The molecule has 148 valence electrons. The van der Waals surface area contributed by atoms with E-state index in [1.165, 1.54) is 19.3 Å². The first-order valence-corrected chi connectivity index (χ1v) is 10.2. The Kier molecular flexibility index (Phi) is 6.85. The van der Waals surface area contributed by atoms with Gasteiger partial charge in [-0.1, -0.05) is 49.1 Å². The van der Waals surface area contributed by atoms with Gasteiger partial charge in [-0.25, -0.2) is 0 Å². The molecular formula is C21H32N4O2. The molecule has 27 heavy (non-hydrogen) atoms. The number of nitrogens with zero attached hydrogens (tertiary/aromatic N) is 2. The second kappa shape index (κ2) is 9.33. The monoisotopic (exact) mass is 372 g/mol. The zero-order valence-electron chi connectivity index (χ0n) is 16.3. The molecule has 0 bridgehead atoms. The molecule has 1 saturated heterocycles. The number of carbonyl (C=O) groups excluding carboxylic acids is 2. The van der Waals surface area contributed by atoms with Crippen LogP contribution < -0.4 is 11.1 Å². The van der Waals surface area contributed by atoms with Crippen LogP contribution in [0.3, 0.4) is 0 Å². The van der Waals surface area contributed by atoms with E-state index in [0.29, 0.717) is 38.8 Å². The molecule has 1 atom stereocenters. The van der Waals surface area contributed by atoms with Crippen LogP contribution in [0.15, 0.2) is 24.3 Å². The molecular weight excluding hydrogens is 340 g/mol. The molecule has 0 radical (unpaired) electrons. The van der Waals surface area contributed by atoms with Crippen LogP contribution in [0.1, 0.15) is 49.3 Å². The van der Waals surface area contributed by atoms with Gasteiger partial charge in [0.05, 0.1) is 6.54 Å². The van der Waals surface area contributed by atoms with E-state index in [9.17, 15) is 9.59 Å². The largest absolute Gasteiger partial charge is 0.352 e. The number of nitrogens with one attached hydrogen (secondary N) is 1. The summed E-state index contributed by atoms with van der Waals surface area (Å²) in [4.78, 5) is 28.9. The maximum atomic E-state index is 12.7. The van der Waals surface area contributed by atoms with E-state index in [4.69, 9.17) is 5.73 Å². The quantitative estimate of drug-likeness (QED) is 0.823. The summed E-state index contributed by atoms with van der Waals surface area (Å²) >= 11 is 0. The van der Waals surface area contributed by atoms with Crippen LogP contribution in [0, 0.1) is 6.92 Å². The predicted molar refractivity (Wildman–Crippen MR) is 106 cm³/mol. The van der Waals surface area contributed by atoms with Gasteiger partial charge in [-0.2, -0.15) is 0 Å². The minimum atomic E-state index is -0.619. The van der Waals surface area contributed by atoms with Crippen molar-refractivity contribution in [3.63, 3.8) is 0 Å². The first-order valence-electron chi connectivity index (χ1n) is 10.2. The standard InChI is InChI=1S/C21H32N4O2/c1-16-7-9-17(10-8-16)20(22)21(27)25-13-11-24(12-14-25)15-19(26)23-18-5-3-2-4-6-18/h7-10,18,20H,2-6,11-15,22H2,1H3,(H,23,26). The van der Waals surface area contributed by atoms with Crippen LogP contribution >= 0.6 is 0 Å². The maximum absolute atomic E-state index is 12.7. The molecule has 1 aromatic carbocycles. The molecule has 2 fully saturated rings. The van der Waals surface area contributed by atoms with Crippen molar-refractivity contribution in [2.75, 3.05) is 32.7 Å². The fourth-order valence-electron chi connectivity index (χ4n) is 3.96. The zero-order valence-corrected chi connectivity index (χ0v) is 16.3. The number of carbonyl (C=O) groups is 2. The summed E-state index contributed by atoms with van der Waals surface area (Å²) in [6.07, 6.45) is 5.92. The minimum Gasteiger partial charge on any atom is -0.352 e. The van der Waals surface area contributed by atoms with Gasteiger partial charge < -0.3 is 16.0 Å². The van der Waals surface area contributed by atoms with Gasteiger partial charge in [-0.3, -0.25) is 14.5 Å². The molecule has 6 heteroatoms. The van der Waals surface area contributed by atoms with Crippen molar-refractivity contribution in [2.45, 2.75) is 51.1 Å². The average Bonchev–Trinajstić information content (AvgIpc) is 2.69. The molecule has 1 saturated carbocycles. The molecule has 1 aliphatic heterocycles. The van der Waals surface area contributed by atoms with Gasteiger partial charge in [0.25, 0.3) is 0 Å². The Labute approximate surface area is 162 Å².